The van der Waals surface area contributed by atoms with Crippen LogP contribution in [0, 0.1) is 0 Å². The zero-order valence-corrected chi connectivity index (χ0v) is 9.15. The van der Waals surface area contributed by atoms with Crippen LogP contribution in [0.3, 0.4) is 0 Å². The quantitative estimate of drug-likeness (QED) is 0.860. The fraction of sp³-hybridized carbons (Fsp3) is 0.182. The van der Waals surface area contributed by atoms with Gasteiger partial charge in [-0.3, -0.25) is 4.79 Å². The van der Waals surface area contributed by atoms with Gasteiger partial charge in [0.2, 0.25) is 0 Å². The van der Waals surface area contributed by atoms with E-state index in [0.717, 1.165) is 5.56 Å². The first-order valence-electron chi connectivity index (χ1n) is 4.71. The second kappa shape index (κ2) is 3.75. The molecule has 0 radical (unpaired) electrons. The van der Waals surface area contributed by atoms with E-state index in [0.29, 0.717) is 5.56 Å². The number of aliphatic carboxylic acids is 1. The lowest BCUT2D eigenvalue weighted by molar-refractivity contribution is -0.134. The zero-order valence-electron chi connectivity index (χ0n) is 8.33. The van der Waals surface area contributed by atoms with Crippen LogP contribution in [0.4, 0.5) is 0 Å². The summed E-state index contributed by atoms with van der Waals surface area (Å²) in [6.45, 7) is 0. The molecule has 84 valence electrons. The van der Waals surface area contributed by atoms with Crippen molar-refractivity contribution in [2.45, 2.75) is 5.25 Å². The number of carboxylic acids is 1. The van der Waals surface area contributed by atoms with Crippen molar-refractivity contribution >= 4 is 21.9 Å². The summed E-state index contributed by atoms with van der Waals surface area (Å²) in [6.07, 6.45) is 3.24. The maximum Gasteiger partial charge on any atom is 0.318 e. The highest BCUT2D eigenvalue weighted by Gasteiger charge is 2.31. The number of rotatable bonds is 3. The Bertz CT molecular complexity index is 557. The van der Waals surface area contributed by atoms with Gasteiger partial charge in [0.1, 0.15) is 11.0 Å². The summed E-state index contributed by atoms with van der Waals surface area (Å²) < 4.78 is 23.5. The average Bonchev–Trinajstić information content (AvgIpc) is 2.59. The van der Waals surface area contributed by atoms with Gasteiger partial charge in [-0.1, -0.05) is 36.4 Å². The molecule has 0 aromatic heterocycles. The van der Waals surface area contributed by atoms with Crippen LogP contribution >= 0.6 is 0 Å². The van der Waals surface area contributed by atoms with Crippen LogP contribution in [0.25, 0.3) is 6.08 Å². The Morgan fingerprint density at radius 1 is 1.31 bits per heavy atom. The Kier molecular flexibility index (Phi) is 2.55. The number of fused-ring (bicyclic) bond motifs is 1. The van der Waals surface area contributed by atoms with Crippen molar-refractivity contribution in [3.63, 3.8) is 0 Å². The minimum Gasteiger partial charge on any atom is -0.480 e. The predicted octanol–water partition coefficient (Wildman–Crippen LogP) is 1.25. The minimum atomic E-state index is -3.66. The third-order valence-corrected chi connectivity index (χ3v) is 4.30. The Morgan fingerprint density at radius 3 is 2.69 bits per heavy atom. The van der Waals surface area contributed by atoms with Crippen molar-refractivity contribution < 1.29 is 18.3 Å². The zero-order chi connectivity index (χ0) is 11.8. The van der Waals surface area contributed by atoms with E-state index in [1.165, 1.54) is 6.08 Å². The van der Waals surface area contributed by atoms with Crippen molar-refractivity contribution in [1.82, 2.24) is 0 Å². The van der Waals surface area contributed by atoms with Crippen molar-refractivity contribution in [2.75, 3.05) is 5.75 Å². The van der Waals surface area contributed by atoms with Crippen molar-refractivity contribution in [3.8, 4) is 0 Å². The molecule has 0 spiro atoms. The lowest BCUT2D eigenvalue weighted by atomic mass is 10.1. The predicted molar refractivity (Wildman–Crippen MR) is 59.6 cm³/mol. The summed E-state index contributed by atoms with van der Waals surface area (Å²) >= 11 is 0. The first-order chi connectivity index (χ1) is 7.50. The van der Waals surface area contributed by atoms with Gasteiger partial charge in [0, 0.05) is 0 Å². The highest BCUT2D eigenvalue weighted by Crippen LogP contribution is 2.34. The second-order valence-corrected chi connectivity index (χ2v) is 5.73. The molecule has 0 saturated carbocycles. The monoisotopic (exact) mass is 238 g/mol. The molecule has 2 rings (SSSR count). The van der Waals surface area contributed by atoms with Gasteiger partial charge < -0.3 is 5.11 Å². The van der Waals surface area contributed by atoms with Gasteiger partial charge in [0.25, 0.3) is 0 Å². The molecule has 1 atom stereocenters. The molecule has 1 aromatic rings. The molecule has 1 unspecified atom stereocenters. The summed E-state index contributed by atoms with van der Waals surface area (Å²) in [5.41, 5.74) is 1.49. The van der Waals surface area contributed by atoms with E-state index in [-0.39, 0.29) is 0 Å². The van der Waals surface area contributed by atoms with Crippen LogP contribution in [-0.2, 0) is 14.6 Å². The molecule has 0 aliphatic heterocycles. The lowest BCUT2D eigenvalue weighted by Gasteiger charge is -2.10. The van der Waals surface area contributed by atoms with Gasteiger partial charge >= 0.3 is 5.97 Å². The van der Waals surface area contributed by atoms with Gasteiger partial charge in [0.15, 0.2) is 9.84 Å². The normalized spacial score (nSPS) is 18.4. The summed E-state index contributed by atoms with van der Waals surface area (Å²) in [7, 11) is -3.66. The average molecular weight is 238 g/mol. The lowest BCUT2D eigenvalue weighted by Crippen LogP contribution is -2.20. The summed E-state index contributed by atoms with van der Waals surface area (Å²) in [4.78, 5) is 10.5. The van der Waals surface area contributed by atoms with Gasteiger partial charge in [-0.2, -0.15) is 0 Å². The summed E-state index contributed by atoms with van der Waals surface area (Å²) in [6, 6.07) is 7.08. The van der Waals surface area contributed by atoms with Crippen LogP contribution in [0.5, 0.6) is 0 Å². The Hall–Kier alpha value is -1.62. The van der Waals surface area contributed by atoms with E-state index in [4.69, 9.17) is 5.11 Å². The van der Waals surface area contributed by atoms with Crippen molar-refractivity contribution in [2.24, 2.45) is 0 Å². The molecule has 4 nitrogen and oxygen atoms in total. The smallest absolute Gasteiger partial charge is 0.318 e. The van der Waals surface area contributed by atoms with Crippen LogP contribution < -0.4 is 0 Å². The molecule has 0 amide bonds. The fourth-order valence-electron chi connectivity index (χ4n) is 1.79. The number of hydrogen-bond donors (Lipinski definition) is 1. The maximum absolute atomic E-state index is 11.8. The van der Waals surface area contributed by atoms with Crippen LogP contribution in [0.2, 0.25) is 0 Å². The topological polar surface area (TPSA) is 71.4 Å². The molecule has 0 saturated heterocycles. The molecule has 1 aromatic carbocycles. The largest absolute Gasteiger partial charge is 0.480 e. The first kappa shape index (κ1) is 10.9. The Morgan fingerprint density at radius 2 is 2.00 bits per heavy atom. The second-order valence-electron chi connectivity index (χ2n) is 3.61. The van der Waals surface area contributed by atoms with Crippen LogP contribution in [0.15, 0.2) is 30.3 Å². The molecular weight excluding hydrogens is 228 g/mol. The first-order valence-corrected chi connectivity index (χ1v) is 6.43. The molecular formula is C11H10O4S. The molecule has 0 fully saturated rings. The molecule has 1 N–H and O–H groups in total. The Labute approximate surface area is 93.1 Å². The van der Waals surface area contributed by atoms with Gasteiger partial charge in [0.05, 0.1) is 0 Å². The van der Waals surface area contributed by atoms with Gasteiger partial charge in [-0.05, 0) is 11.1 Å². The highest BCUT2D eigenvalue weighted by atomic mass is 32.2. The van der Waals surface area contributed by atoms with E-state index in [1.54, 1.807) is 18.2 Å². The molecule has 1 aliphatic rings. The summed E-state index contributed by atoms with van der Waals surface area (Å²) in [5.74, 6) is -2.16. The fourth-order valence-corrected chi connectivity index (χ4v) is 3.23. The molecule has 16 heavy (non-hydrogen) atoms. The number of carboxylic acid groups (broad SMARTS) is 1. The van der Waals surface area contributed by atoms with Crippen LogP contribution in [0.1, 0.15) is 16.4 Å². The third-order valence-electron chi connectivity index (χ3n) is 2.46. The maximum atomic E-state index is 11.8. The number of sulfone groups is 1. The van der Waals surface area contributed by atoms with E-state index >= 15 is 0 Å². The van der Waals surface area contributed by atoms with Gasteiger partial charge in [-0.25, -0.2) is 8.42 Å². The standard InChI is InChI=1S/C11H10O4S/c12-11(13)7-16(14,15)10-6-5-8-3-1-2-4-9(8)10/h1-6,10H,7H2,(H,12,13). The third kappa shape index (κ3) is 1.86. The van der Waals surface area contributed by atoms with Crippen molar-refractivity contribution in [3.05, 3.63) is 41.5 Å². The highest BCUT2D eigenvalue weighted by molar-refractivity contribution is 7.92. The van der Waals surface area contributed by atoms with Gasteiger partial charge in [-0.15, -0.1) is 0 Å². The number of benzene rings is 1. The molecule has 5 heteroatoms. The van der Waals surface area contributed by atoms with E-state index in [2.05, 4.69) is 0 Å². The molecule has 1 aliphatic carbocycles. The summed E-state index contributed by atoms with van der Waals surface area (Å²) in [5, 5.41) is 7.73. The van der Waals surface area contributed by atoms with Crippen molar-refractivity contribution in [1.29, 1.82) is 0 Å². The minimum absolute atomic E-state index is 0.656. The van der Waals surface area contributed by atoms with E-state index < -0.39 is 26.8 Å². The SMILES string of the molecule is O=C(O)CS(=O)(=O)C1C=Cc2ccccc21. The molecule has 0 bridgehead atoms. The number of hydrogen-bond acceptors (Lipinski definition) is 3. The Balaban J connectivity index is 2.39. The van der Waals surface area contributed by atoms with E-state index in [9.17, 15) is 13.2 Å². The number of carbonyl (C=O) groups is 1. The molecule has 0 heterocycles. The van der Waals surface area contributed by atoms with E-state index in [1.807, 2.05) is 12.1 Å². The van der Waals surface area contributed by atoms with Crippen LogP contribution in [-0.4, -0.2) is 25.2 Å².